The van der Waals surface area contributed by atoms with Crippen molar-refractivity contribution in [3.8, 4) is 0 Å². The molecule has 0 aliphatic rings. The Morgan fingerprint density at radius 1 is 1.06 bits per heavy atom. The van der Waals surface area contributed by atoms with Crippen molar-refractivity contribution in [3.05, 3.63) is 0 Å². The molecule has 110 valence electrons. The van der Waals surface area contributed by atoms with Crippen LogP contribution in [0.4, 0.5) is 0 Å². The zero-order valence-corrected chi connectivity index (χ0v) is 13.4. The first-order chi connectivity index (χ1) is 8.55. The lowest BCUT2D eigenvalue weighted by atomic mass is 9.78. The van der Waals surface area contributed by atoms with Crippen molar-refractivity contribution in [2.75, 3.05) is 13.1 Å². The van der Waals surface area contributed by atoms with Crippen LogP contribution in [0.1, 0.15) is 67.2 Å². The normalized spacial score (nSPS) is 16.0. The summed E-state index contributed by atoms with van der Waals surface area (Å²) >= 11 is 0. The highest BCUT2D eigenvalue weighted by Crippen LogP contribution is 2.31. The summed E-state index contributed by atoms with van der Waals surface area (Å²) in [5, 5.41) is 0. The smallest absolute Gasteiger partial charge is 0.0397 e. The third-order valence-corrected chi connectivity index (χ3v) is 4.80. The van der Waals surface area contributed by atoms with Crippen LogP contribution in [-0.4, -0.2) is 29.6 Å². The van der Waals surface area contributed by atoms with E-state index in [2.05, 4.69) is 51.9 Å². The van der Waals surface area contributed by atoms with E-state index in [1.165, 1.54) is 6.42 Å². The Morgan fingerprint density at radius 3 is 1.83 bits per heavy atom. The van der Waals surface area contributed by atoms with Gasteiger partial charge in [0.15, 0.2) is 0 Å². The van der Waals surface area contributed by atoms with E-state index in [1.54, 1.807) is 0 Å². The van der Waals surface area contributed by atoms with Gasteiger partial charge >= 0.3 is 0 Å². The average Bonchev–Trinajstić information content (AvgIpc) is 2.42. The van der Waals surface area contributed by atoms with Crippen molar-refractivity contribution < 1.29 is 0 Å². The Morgan fingerprint density at radius 2 is 1.56 bits per heavy atom. The molecule has 3 N–H and O–H groups in total. The molecule has 0 bridgehead atoms. The molecule has 0 aromatic carbocycles. The number of rotatable bonds is 10. The molecule has 0 aliphatic carbocycles. The van der Waals surface area contributed by atoms with E-state index in [4.69, 9.17) is 5.84 Å². The number of hydrogen-bond acceptors (Lipinski definition) is 3. The molecule has 0 heterocycles. The quantitative estimate of drug-likeness (QED) is 0.466. The molecule has 0 amide bonds. The minimum Gasteiger partial charge on any atom is -0.297 e. The van der Waals surface area contributed by atoms with Gasteiger partial charge in [0.2, 0.25) is 0 Å². The maximum Gasteiger partial charge on any atom is 0.0397 e. The number of hydrazine groups is 1. The fraction of sp³-hybridized carbons (Fsp3) is 1.00. The van der Waals surface area contributed by atoms with E-state index in [9.17, 15) is 0 Å². The second kappa shape index (κ2) is 8.89. The van der Waals surface area contributed by atoms with Gasteiger partial charge in [-0.25, -0.2) is 0 Å². The van der Waals surface area contributed by atoms with Crippen molar-refractivity contribution in [1.29, 1.82) is 0 Å². The molecule has 0 saturated carbocycles. The summed E-state index contributed by atoms with van der Waals surface area (Å²) in [6.07, 6.45) is 4.68. The number of nitrogens with zero attached hydrogens (tertiary/aromatic N) is 1. The first-order valence-electron chi connectivity index (χ1n) is 7.77. The van der Waals surface area contributed by atoms with Crippen molar-refractivity contribution in [2.45, 2.75) is 78.8 Å². The monoisotopic (exact) mass is 257 g/mol. The fourth-order valence-corrected chi connectivity index (χ4v) is 3.28. The Hall–Kier alpha value is -0.120. The first-order valence-corrected chi connectivity index (χ1v) is 7.77. The Bertz CT molecular complexity index is 198. The van der Waals surface area contributed by atoms with Crippen LogP contribution in [0.15, 0.2) is 0 Å². The number of nitrogens with one attached hydrogen (secondary N) is 1. The van der Waals surface area contributed by atoms with E-state index in [-0.39, 0.29) is 5.54 Å². The van der Waals surface area contributed by atoms with Gasteiger partial charge in [-0.3, -0.25) is 16.2 Å². The third kappa shape index (κ3) is 3.94. The summed E-state index contributed by atoms with van der Waals surface area (Å²) in [5.74, 6) is 6.60. The van der Waals surface area contributed by atoms with Crippen LogP contribution >= 0.6 is 0 Å². The molecule has 0 saturated heterocycles. The number of likely N-dealkylation sites (N-methyl/N-ethyl adjacent to an activating group) is 1. The molecule has 0 aliphatic heterocycles. The summed E-state index contributed by atoms with van der Waals surface area (Å²) in [4.78, 5) is 2.58. The van der Waals surface area contributed by atoms with Crippen molar-refractivity contribution in [2.24, 2.45) is 11.8 Å². The van der Waals surface area contributed by atoms with Crippen molar-refractivity contribution in [1.82, 2.24) is 10.3 Å². The van der Waals surface area contributed by atoms with E-state index in [0.29, 0.717) is 6.04 Å². The molecule has 18 heavy (non-hydrogen) atoms. The summed E-state index contributed by atoms with van der Waals surface area (Å²) in [7, 11) is 0. The van der Waals surface area contributed by atoms with Gasteiger partial charge in [0.05, 0.1) is 0 Å². The average molecular weight is 257 g/mol. The second-order valence-corrected chi connectivity index (χ2v) is 5.45. The largest absolute Gasteiger partial charge is 0.297 e. The summed E-state index contributed by atoms with van der Waals surface area (Å²) in [5.41, 5.74) is 3.31. The lowest BCUT2D eigenvalue weighted by Gasteiger charge is -2.48. The highest BCUT2D eigenvalue weighted by molar-refractivity contribution is 4.98. The van der Waals surface area contributed by atoms with Crippen LogP contribution in [0, 0.1) is 5.92 Å². The molecule has 0 spiro atoms. The van der Waals surface area contributed by atoms with Crippen LogP contribution < -0.4 is 11.3 Å². The minimum absolute atomic E-state index is 0.196. The van der Waals surface area contributed by atoms with Gasteiger partial charge in [-0.05, 0) is 38.3 Å². The van der Waals surface area contributed by atoms with Crippen LogP contribution in [0.25, 0.3) is 0 Å². The molecular formula is C15H35N3. The SMILES string of the molecule is CCC(C)CC(NN)C(CC)(CC)N(CC)CC. The molecule has 0 rings (SSSR count). The summed E-state index contributed by atoms with van der Waals surface area (Å²) in [6, 6.07) is 0.377. The maximum atomic E-state index is 5.88. The van der Waals surface area contributed by atoms with Crippen molar-refractivity contribution >= 4 is 0 Å². The van der Waals surface area contributed by atoms with Gasteiger partial charge in [-0.2, -0.15) is 0 Å². The van der Waals surface area contributed by atoms with E-state index < -0.39 is 0 Å². The molecule has 3 nitrogen and oxygen atoms in total. The highest BCUT2D eigenvalue weighted by Gasteiger charge is 2.39. The first kappa shape index (κ1) is 17.9. The summed E-state index contributed by atoms with van der Waals surface area (Å²) in [6.45, 7) is 15.9. The zero-order chi connectivity index (χ0) is 14.2. The third-order valence-electron chi connectivity index (χ3n) is 4.80. The van der Waals surface area contributed by atoms with Gasteiger partial charge in [0, 0.05) is 11.6 Å². The molecule has 3 heteroatoms. The topological polar surface area (TPSA) is 41.3 Å². The van der Waals surface area contributed by atoms with Crippen LogP contribution in [-0.2, 0) is 0 Å². The van der Waals surface area contributed by atoms with Crippen LogP contribution in [0.5, 0.6) is 0 Å². The number of nitrogens with two attached hydrogens (primary N) is 1. The predicted molar refractivity (Wildman–Crippen MR) is 81.4 cm³/mol. The zero-order valence-electron chi connectivity index (χ0n) is 13.4. The standard InChI is InChI=1S/C15H35N3/c1-7-13(6)12-14(17-16)15(8-2,9-3)18(10-4)11-5/h13-14,17H,7-12,16H2,1-6H3. The Labute approximate surface area is 114 Å². The molecule has 2 atom stereocenters. The lowest BCUT2D eigenvalue weighted by Crippen LogP contribution is -2.62. The van der Waals surface area contributed by atoms with Gasteiger partial charge < -0.3 is 0 Å². The lowest BCUT2D eigenvalue weighted by molar-refractivity contribution is 0.0405. The molecule has 0 aromatic rings. The van der Waals surface area contributed by atoms with Crippen molar-refractivity contribution in [3.63, 3.8) is 0 Å². The second-order valence-electron chi connectivity index (χ2n) is 5.45. The van der Waals surface area contributed by atoms with Crippen LogP contribution in [0.3, 0.4) is 0 Å². The van der Waals surface area contributed by atoms with Gasteiger partial charge in [-0.15, -0.1) is 0 Å². The fourth-order valence-electron chi connectivity index (χ4n) is 3.28. The minimum atomic E-state index is 0.196. The van der Waals surface area contributed by atoms with Gasteiger partial charge in [-0.1, -0.05) is 48.0 Å². The molecule has 0 aromatic heterocycles. The molecule has 0 fully saturated rings. The van der Waals surface area contributed by atoms with E-state index in [0.717, 1.165) is 38.3 Å². The Balaban J connectivity index is 5.12. The predicted octanol–water partition coefficient (Wildman–Crippen LogP) is 3.16. The number of hydrogen-bond donors (Lipinski definition) is 2. The Kier molecular flexibility index (Phi) is 8.83. The molecule has 2 unspecified atom stereocenters. The molecular weight excluding hydrogens is 222 g/mol. The molecule has 0 radical (unpaired) electrons. The maximum absolute atomic E-state index is 5.88. The van der Waals surface area contributed by atoms with Gasteiger partial charge in [0.1, 0.15) is 0 Å². The summed E-state index contributed by atoms with van der Waals surface area (Å²) < 4.78 is 0. The van der Waals surface area contributed by atoms with E-state index >= 15 is 0 Å². The highest BCUT2D eigenvalue weighted by atomic mass is 15.3. The van der Waals surface area contributed by atoms with E-state index in [1.807, 2.05) is 0 Å². The van der Waals surface area contributed by atoms with Gasteiger partial charge in [0.25, 0.3) is 0 Å². The van der Waals surface area contributed by atoms with Crippen LogP contribution in [0.2, 0.25) is 0 Å².